The number of amides is 1. The lowest BCUT2D eigenvalue weighted by molar-refractivity contribution is 0.0679. The van der Waals surface area contributed by atoms with Crippen LogP contribution in [0.2, 0.25) is 0 Å². The molecule has 0 radical (unpaired) electrons. The van der Waals surface area contributed by atoms with Crippen molar-refractivity contribution in [3.63, 3.8) is 0 Å². The van der Waals surface area contributed by atoms with Crippen molar-refractivity contribution < 1.29 is 14.3 Å². The molecule has 1 amide bonds. The smallest absolute Gasteiger partial charge is 0.251 e. The number of nitrogens with zero attached hydrogens (tertiary/aromatic N) is 1. The standard InChI is InChI=1S/C31H36N2O3/c1-33(20-23-6-3-2-4-7-23)21-24-9-10-27-19-28(14-11-26(27)18-24)32-31(34)25-12-15-29(16-13-25)36-22-30-8-5-17-35-30/h2-4,6-7,9-10,12-13,15-16,18,28,30H,5,8,11,14,17,19-22H2,1H3,(H,32,34)/t28-,30-/m0/s1. The van der Waals surface area contributed by atoms with Gasteiger partial charge < -0.3 is 14.8 Å². The van der Waals surface area contributed by atoms with E-state index in [4.69, 9.17) is 9.47 Å². The Labute approximate surface area is 214 Å². The average Bonchev–Trinajstić information content (AvgIpc) is 3.42. The van der Waals surface area contributed by atoms with Crippen LogP contribution in [0.1, 0.15) is 51.9 Å². The molecule has 0 unspecified atom stereocenters. The van der Waals surface area contributed by atoms with Gasteiger partial charge in [0.2, 0.25) is 0 Å². The molecule has 1 saturated heterocycles. The molecule has 5 nitrogen and oxygen atoms in total. The number of aryl methyl sites for hydroxylation is 1. The lowest BCUT2D eigenvalue weighted by atomic mass is 9.87. The topological polar surface area (TPSA) is 50.8 Å². The van der Waals surface area contributed by atoms with Gasteiger partial charge in [0.1, 0.15) is 12.4 Å². The minimum atomic E-state index is -0.0201. The van der Waals surface area contributed by atoms with Crippen molar-refractivity contribution in [2.45, 2.75) is 57.3 Å². The molecule has 0 bridgehead atoms. The molecule has 1 N–H and O–H groups in total. The van der Waals surface area contributed by atoms with E-state index in [9.17, 15) is 4.79 Å². The Hall–Kier alpha value is -3.15. The molecule has 1 aliphatic heterocycles. The van der Waals surface area contributed by atoms with Gasteiger partial charge in [-0.1, -0.05) is 48.5 Å². The highest BCUT2D eigenvalue weighted by Crippen LogP contribution is 2.24. The van der Waals surface area contributed by atoms with Gasteiger partial charge in [-0.25, -0.2) is 0 Å². The number of carbonyl (C=O) groups is 1. The number of hydrogen-bond acceptors (Lipinski definition) is 4. The normalized spacial score (nSPS) is 19.2. The summed E-state index contributed by atoms with van der Waals surface area (Å²) in [4.78, 5) is 15.2. The Bertz CT molecular complexity index is 1140. The quantitative estimate of drug-likeness (QED) is 0.456. The predicted octanol–water partition coefficient (Wildman–Crippen LogP) is 5.16. The molecule has 5 heteroatoms. The average molecular weight is 485 g/mol. The molecule has 1 aliphatic carbocycles. The summed E-state index contributed by atoms with van der Waals surface area (Å²) in [5, 5.41) is 3.24. The van der Waals surface area contributed by atoms with Crippen LogP contribution in [-0.2, 0) is 30.7 Å². The zero-order valence-electron chi connectivity index (χ0n) is 21.1. The van der Waals surface area contributed by atoms with E-state index in [1.807, 2.05) is 24.3 Å². The van der Waals surface area contributed by atoms with E-state index in [2.05, 4.69) is 65.8 Å². The van der Waals surface area contributed by atoms with Crippen molar-refractivity contribution in [3.05, 3.63) is 101 Å². The summed E-state index contributed by atoms with van der Waals surface area (Å²) in [6.45, 7) is 3.26. The SMILES string of the molecule is CN(Cc1ccccc1)Cc1ccc2c(c1)CC[C@H](NC(=O)c1ccc(OC[C@@H]3CCCO3)cc1)C2. The minimum absolute atomic E-state index is 0.0201. The van der Waals surface area contributed by atoms with Crippen LogP contribution in [0.3, 0.4) is 0 Å². The van der Waals surface area contributed by atoms with E-state index in [1.54, 1.807) is 0 Å². The Morgan fingerprint density at radius 1 is 0.972 bits per heavy atom. The van der Waals surface area contributed by atoms with E-state index in [0.717, 1.165) is 57.6 Å². The number of carbonyl (C=O) groups excluding carboxylic acids is 1. The zero-order chi connectivity index (χ0) is 24.7. The van der Waals surface area contributed by atoms with Crippen LogP contribution in [0, 0.1) is 0 Å². The van der Waals surface area contributed by atoms with Gasteiger partial charge in [-0.05, 0) is 85.7 Å². The maximum Gasteiger partial charge on any atom is 0.251 e. The Kier molecular flexibility index (Phi) is 7.99. The van der Waals surface area contributed by atoms with Gasteiger partial charge in [-0.2, -0.15) is 0 Å². The highest BCUT2D eigenvalue weighted by atomic mass is 16.5. The third-order valence-electron chi connectivity index (χ3n) is 7.16. The molecule has 188 valence electrons. The van der Waals surface area contributed by atoms with Gasteiger partial charge in [0.25, 0.3) is 5.91 Å². The van der Waals surface area contributed by atoms with Gasteiger partial charge in [-0.3, -0.25) is 9.69 Å². The molecule has 3 aromatic carbocycles. The van der Waals surface area contributed by atoms with Gasteiger partial charge in [0.05, 0.1) is 6.10 Å². The Morgan fingerprint density at radius 2 is 1.78 bits per heavy atom. The number of benzene rings is 3. The maximum atomic E-state index is 12.9. The van der Waals surface area contributed by atoms with Crippen LogP contribution in [0.15, 0.2) is 72.8 Å². The van der Waals surface area contributed by atoms with Gasteiger partial charge in [0, 0.05) is 31.3 Å². The highest BCUT2D eigenvalue weighted by molar-refractivity contribution is 5.94. The molecule has 36 heavy (non-hydrogen) atoms. The molecule has 3 aromatic rings. The van der Waals surface area contributed by atoms with E-state index in [-0.39, 0.29) is 18.1 Å². The van der Waals surface area contributed by atoms with Crippen molar-refractivity contribution in [2.75, 3.05) is 20.3 Å². The first kappa shape index (κ1) is 24.5. The zero-order valence-corrected chi connectivity index (χ0v) is 21.1. The number of fused-ring (bicyclic) bond motifs is 1. The first-order chi connectivity index (χ1) is 17.6. The van der Waals surface area contributed by atoms with Crippen molar-refractivity contribution in [1.82, 2.24) is 10.2 Å². The fraction of sp³-hybridized carbons (Fsp3) is 0.387. The number of hydrogen-bond donors (Lipinski definition) is 1. The van der Waals surface area contributed by atoms with Crippen molar-refractivity contribution in [2.24, 2.45) is 0 Å². The fourth-order valence-electron chi connectivity index (χ4n) is 5.23. The molecule has 0 saturated carbocycles. The monoisotopic (exact) mass is 484 g/mol. The second-order valence-electron chi connectivity index (χ2n) is 10.1. The first-order valence-corrected chi connectivity index (χ1v) is 13.1. The Morgan fingerprint density at radius 3 is 2.56 bits per heavy atom. The van der Waals surface area contributed by atoms with E-state index in [0.29, 0.717) is 12.2 Å². The van der Waals surface area contributed by atoms with Crippen LogP contribution in [-0.4, -0.2) is 43.2 Å². The van der Waals surface area contributed by atoms with Crippen LogP contribution < -0.4 is 10.1 Å². The lowest BCUT2D eigenvalue weighted by Gasteiger charge is -2.26. The largest absolute Gasteiger partial charge is 0.491 e. The number of ether oxygens (including phenoxy) is 2. The molecule has 1 heterocycles. The summed E-state index contributed by atoms with van der Waals surface area (Å²) < 4.78 is 11.4. The molecule has 5 rings (SSSR count). The van der Waals surface area contributed by atoms with Gasteiger partial charge >= 0.3 is 0 Å². The number of rotatable bonds is 9. The third kappa shape index (κ3) is 6.54. The molecular weight excluding hydrogens is 448 g/mol. The number of nitrogens with one attached hydrogen (secondary N) is 1. The van der Waals surface area contributed by atoms with Crippen LogP contribution >= 0.6 is 0 Å². The molecule has 2 aliphatic rings. The van der Waals surface area contributed by atoms with Crippen molar-refractivity contribution in [3.8, 4) is 5.75 Å². The van der Waals surface area contributed by atoms with Crippen molar-refractivity contribution >= 4 is 5.91 Å². The summed E-state index contributed by atoms with van der Waals surface area (Å²) in [6, 6.07) is 25.0. The highest BCUT2D eigenvalue weighted by Gasteiger charge is 2.21. The molecule has 1 fully saturated rings. The Balaban J connectivity index is 1.11. The molecule has 0 spiro atoms. The van der Waals surface area contributed by atoms with Gasteiger partial charge in [0.15, 0.2) is 0 Å². The summed E-state index contributed by atoms with van der Waals surface area (Å²) in [5.74, 6) is 0.757. The van der Waals surface area contributed by atoms with E-state index in [1.165, 1.54) is 22.3 Å². The minimum Gasteiger partial charge on any atom is -0.491 e. The third-order valence-corrected chi connectivity index (χ3v) is 7.16. The van der Waals surface area contributed by atoms with Crippen LogP contribution in [0.4, 0.5) is 0 Å². The van der Waals surface area contributed by atoms with Crippen LogP contribution in [0.25, 0.3) is 0 Å². The summed E-state index contributed by atoms with van der Waals surface area (Å²) >= 11 is 0. The van der Waals surface area contributed by atoms with Gasteiger partial charge in [-0.15, -0.1) is 0 Å². The first-order valence-electron chi connectivity index (χ1n) is 13.1. The maximum absolute atomic E-state index is 12.9. The predicted molar refractivity (Wildman–Crippen MR) is 142 cm³/mol. The summed E-state index contributed by atoms with van der Waals surface area (Å²) in [7, 11) is 2.17. The molecule has 0 aromatic heterocycles. The second kappa shape index (κ2) is 11.7. The summed E-state index contributed by atoms with van der Waals surface area (Å²) in [5.41, 5.74) is 6.11. The van der Waals surface area contributed by atoms with Crippen LogP contribution in [0.5, 0.6) is 5.75 Å². The lowest BCUT2D eigenvalue weighted by Crippen LogP contribution is -2.38. The summed E-state index contributed by atoms with van der Waals surface area (Å²) in [6.07, 6.45) is 5.18. The fourth-order valence-corrected chi connectivity index (χ4v) is 5.23. The van der Waals surface area contributed by atoms with Crippen molar-refractivity contribution in [1.29, 1.82) is 0 Å². The second-order valence-corrected chi connectivity index (χ2v) is 10.1. The van der Waals surface area contributed by atoms with E-state index >= 15 is 0 Å². The molecule has 2 atom stereocenters. The van der Waals surface area contributed by atoms with E-state index < -0.39 is 0 Å². The molecular formula is C31H36N2O3.